The number of thiophene rings is 1. The maximum Gasteiger partial charge on any atom is 0.262 e. The van der Waals surface area contributed by atoms with E-state index in [9.17, 15) is 18.8 Å². The highest BCUT2D eigenvalue weighted by Crippen LogP contribution is 2.27. The van der Waals surface area contributed by atoms with Crippen molar-refractivity contribution in [3.05, 3.63) is 93.4 Å². The molecule has 3 amide bonds. The van der Waals surface area contributed by atoms with Gasteiger partial charge in [0.15, 0.2) is 0 Å². The second kappa shape index (κ2) is 7.36. The van der Waals surface area contributed by atoms with Crippen LogP contribution >= 0.6 is 11.3 Å². The van der Waals surface area contributed by atoms with Crippen LogP contribution in [-0.4, -0.2) is 29.2 Å². The van der Waals surface area contributed by atoms with Gasteiger partial charge < -0.3 is 5.32 Å². The van der Waals surface area contributed by atoms with E-state index in [1.807, 2.05) is 17.5 Å². The fraction of sp³-hybridized carbons (Fsp3) is 0.0952. The Morgan fingerprint density at radius 3 is 2.18 bits per heavy atom. The number of nitrogens with one attached hydrogen (secondary N) is 1. The van der Waals surface area contributed by atoms with Gasteiger partial charge in [0.05, 0.1) is 17.2 Å². The summed E-state index contributed by atoms with van der Waals surface area (Å²) in [5.74, 6) is -1.81. The molecular formula is C21H15FN2O3S. The summed E-state index contributed by atoms with van der Waals surface area (Å²) >= 11 is 1.45. The molecule has 4 rings (SSSR count). The quantitative estimate of drug-likeness (QED) is 0.675. The number of rotatable bonds is 5. The first-order valence-corrected chi connectivity index (χ1v) is 9.46. The number of nitrogens with zero attached hydrogens (tertiary/aromatic N) is 1. The van der Waals surface area contributed by atoms with Crippen LogP contribution in [0.25, 0.3) is 0 Å². The lowest BCUT2D eigenvalue weighted by molar-refractivity contribution is -0.121. The Bertz CT molecular complexity index is 1010. The summed E-state index contributed by atoms with van der Waals surface area (Å²) < 4.78 is 13.3. The van der Waals surface area contributed by atoms with Crippen molar-refractivity contribution in [3.8, 4) is 0 Å². The molecule has 0 saturated carbocycles. The first-order valence-electron chi connectivity index (χ1n) is 8.58. The van der Waals surface area contributed by atoms with E-state index in [4.69, 9.17) is 0 Å². The first-order chi connectivity index (χ1) is 13.5. The van der Waals surface area contributed by atoms with Crippen molar-refractivity contribution in [2.45, 2.75) is 6.04 Å². The first kappa shape index (κ1) is 18.1. The van der Waals surface area contributed by atoms with Crippen LogP contribution in [0.5, 0.6) is 0 Å². The molecule has 1 atom stereocenters. The monoisotopic (exact) mass is 394 g/mol. The van der Waals surface area contributed by atoms with Crippen LogP contribution in [-0.2, 0) is 4.79 Å². The van der Waals surface area contributed by atoms with Crippen molar-refractivity contribution in [2.24, 2.45) is 0 Å². The fourth-order valence-electron chi connectivity index (χ4n) is 3.16. The highest BCUT2D eigenvalue weighted by molar-refractivity contribution is 7.10. The summed E-state index contributed by atoms with van der Waals surface area (Å²) in [6.45, 7) is -0.380. The molecular weight excluding hydrogens is 379 g/mol. The van der Waals surface area contributed by atoms with Crippen molar-refractivity contribution in [1.29, 1.82) is 0 Å². The van der Waals surface area contributed by atoms with Crippen LogP contribution in [0.1, 0.15) is 37.2 Å². The number of fused-ring (bicyclic) bond motifs is 1. The molecule has 1 aliphatic heterocycles. The molecule has 0 fully saturated rings. The number of benzene rings is 2. The predicted molar refractivity (Wildman–Crippen MR) is 103 cm³/mol. The third kappa shape index (κ3) is 3.32. The number of halogens is 1. The lowest BCUT2D eigenvalue weighted by Crippen LogP contribution is -2.41. The minimum absolute atomic E-state index is 0.300. The summed E-state index contributed by atoms with van der Waals surface area (Å²) in [6.07, 6.45) is 0. The lowest BCUT2D eigenvalue weighted by Gasteiger charge is -2.20. The van der Waals surface area contributed by atoms with E-state index in [1.54, 1.807) is 36.4 Å². The van der Waals surface area contributed by atoms with Gasteiger partial charge in [0.25, 0.3) is 11.8 Å². The smallest absolute Gasteiger partial charge is 0.262 e. The SMILES string of the molecule is O=C(CN1C(=O)c2ccccc2C1=O)NC(c1ccc(F)cc1)c1cccs1. The largest absolute Gasteiger partial charge is 0.343 e. The summed E-state index contributed by atoms with van der Waals surface area (Å²) in [5, 5.41) is 4.73. The molecule has 7 heteroatoms. The van der Waals surface area contributed by atoms with Crippen LogP contribution in [0.15, 0.2) is 66.0 Å². The van der Waals surface area contributed by atoms with Crippen LogP contribution in [0, 0.1) is 5.82 Å². The van der Waals surface area contributed by atoms with Gasteiger partial charge in [-0.2, -0.15) is 0 Å². The molecule has 28 heavy (non-hydrogen) atoms. The van der Waals surface area contributed by atoms with Gasteiger partial charge in [0.1, 0.15) is 12.4 Å². The van der Waals surface area contributed by atoms with Crippen LogP contribution in [0.3, 0.4) is 0 Å². The molecule has 0 radical (unpaired) electrons. The summed E-state index contributed by atoms with van der Waals surface area (Å²) in [4.78, 5) is 39.4. The van der Waals surface area contributed by atoms with Crippen LogP contribution in [0.2, 0.25) is 0 Å². The van der Waals surface area contributed by atoms with Gasteiger partial charge in [-0.3, -0.25) is 19.3 Å². The maximum atomic E-state index is 13.3. The molecule has 1 aliphatic rings. The molecule has 3 aromatic rings. The van der Waals surface area contributed by atoms with Gasteiger partial charge in [-0.05, 0) is 41.3 Å². The number of hydrogen-bond donors (Lipinski definition) is 1. The second-order valence-corrected chi connectivity index (χ2v) is 7.29. The molecule has 140 valence electrons. The normalized spacial score (nSPS) is 14.1. The molecule has 2 heterocycles. The molecule has 5 nitrogen and oxygen atoms in total. The van der Waals surface area contributed by atoms with Gasteiger partial charge in [-0.1, -0.05) is 30.3 Å². The highest BCUT2D eigenvalue weighted by Gasteiger charge is 2.36. The van der Waals surface area contributed by atoms with E-state index >= 15 is 0 Å². The summed E-state index contributed by atoms with van der Waals surface area (Å²) in [6, 6.07) is 15.6. The Balaban J connectivity index is 1.54. The Morgan fingerprint density at radius 1 is 0.964 bits per heavy atom. The number of imide groups is 1. The number of hydrogen-bond acceptors (Lipinski definition) is 4. The van der Waals surface area contributed by atoms with Crippen molar-refractivity contribution < 1.29 is 18.8 Å². The van der Waals surface area contributed by atoms with E-state index in [-0.39, 0.29) is 12.4 Å². The molecule has 0 spiro atoms. The zero-order valence-electron chi connectivity index (χ0n) is 14.6. The van der Waals surface area contributed by atoms with Gasteiger partial charge in [0, 0.05) is 4.88 Å². The third-order valence-corrected chi connectivity index (χ3v) is 5.45. The van der Waals surface area contributed by atoms with Crippen molar-refractivity contribution >= 4 is 29.1 Å². The topological polar surface area (TPSA) is 66.5 Å². The Kier molecular flexibility index (Phi) is 4.75. The number of carbonyl (C=O) groups is 3. The van der Waals surface area contributed by atoms with E-state index in [0.717, 1.165) is 9.78 Å². The molecule has 1 N–H and O–H groups in total. The van der Waals surface area contributed by atoms with E-state index in [2.05, 4.69) is 5.32 Å². The average molecular weight is 394 g/mol. The Labute approximate surface area is 164 Å². The Hall–Kier alpha value is -3.32. The minimum atomic E-state index is -0.497. The zero-order valence-corrected chi connectivity index (χ0v) is 15.4. The van der Waals surface area contributed by atoms with Crippen molar-refractivity contribution in [3.63, 3.8) is 0 Å². The van der Waals surface area contributed by atoms with Crippen LogP contribution in [0.4, 0.5) is 4.39 Å². The zero-order chi connectivity index (χ0) is 19.7. The molecule has 1 aromatic heterocycles. The van der Waals surface area contributed by atoms with Gasteiger partial charge in [-0.25, -0.2) is 4.39 Å². The standard InChI is InChI=1S/C21H15FN2O3S/c22-14-9-7-13(8-10-14)19(17-6-3-11-28-17)23-18(25)12-24-20(26)15-4-1-2-5-16(15)21(24)27/h1-11,19H,12H2,(H,23,25). The molecule has 1 unspecified atom stereocenters. The average Bonchev–Trinajstić information content (AvgIpc) is 3.31. The molecule has 0 aliphatic carbocycles. The van der Waals surface area contributed by atoms with Gasteiger partial charge in [0.2, 0.25) is 5.91 Å². The summed E-state index contributed by atoms with van der Waals surface area (Å²) in [7, 11) is 0. The number of carbonyl (C=O) groups excluding carboxylic acids is 3. The van der Waals surface area contributed by atoms with E-state index in [0.29, 0.717) is 16.7 Å². The maximum absolute atomic E-state index is 13.3. The van der Waals surface area contributed by atoms with Crippen LogP contribution < -0.4 is 5.32 Å². The van der Waals surface area contributed by atoms with Crippen molar-refractivity contribution in [2.75, 3.05) is 6.54 Å². The Morgan fingerprint density at radius 2 is 1.61 bits per heavy atom. The summed E-state index contributed by atoms with van der Waals surface area (Å²) in [5.41, 5.74) is 1.31. The minimum Gasteiger partial charge on any atom is -0.343 e. The predicted octanol–water partition coefficient (Wildman–Crippen LogP) is 3.39. The van der Waals surface area contributed by atoms with E-state index in [1.165, 1.54) is 23.5 Å². The van der Waals surface area contributed by atoms with Crippen molar-refractivity contribution in [1.82, 2.24) is 10.2 Å². The molecule has 0 bridgehead atoms. The number of amides is 3. The molecule has 0 saturated heterocycles. The van der Waals surface area contributed by atoms with Gasteiger partial charge >= 0.3 is 0 Å². The lowest BCUT2D eigenvalue weighted by atomic mass is 10.1. The van der Waals surface area contributed by atoms with Gasteiger partial charge in [-0.15, -0.1) is 11.3 Å². The third-order valence-electron chi connectivity index (χ3n) is 4.52. The highest BCUT2D eigenvalue weighted by atomic mass is 32.1. The second-order valence-electron chi connectivity index (χ2n) is 6.31. The van der Waals surface area contributed by atoms with E-state index < -0.39 is 23.8 Å². The fourth-order valence-corrected chi connectivity index (χ4v) is 3.96. The molecule has 2 aromatic carbocycles.